The number of alkyl halides is 2. The molecule has 0 unspecified atom stereocenters. The van der Waals surface area contributed by atoms with E-state index in [2.05, 4.69) is 25.9 Å². The largest absolute Gasteiger partial charge is 0.387 e. The zero-order valence-electron chi connectivity index (χ0n) is 26.5. The van der Waals surface area contributed by atoms with Gasteiger partial charge in [0.15, 0.2) is 0 Å². The number of amides is 3. The first-order valence-corrected chi connectivity index (χ1v) is 14.6. The van der Waals surface area contributed by atoms with Crippen molar-refractivity contribution >= 4 is 52.8 Å². The van der Waals surface area contributed by atoms with E-state index in [1.807, 2.05) is 55.4 Å². The Balaban J connectivity index is 1.31. The topological polar surface area (TPSA) is 152 Å². The lowest BCUT2D eigenvalue weighted by atomic mass is 10.1. The van der Waals surface area contributed by atoms with Crippen LogP contribution in [-0.2, 0) is 14.1 Å². The minimum Gasteiger partial charge on any atom is -0.387 e. The highest BCUT2D eigenvalue weighted by atomic mass is 19.3. The summed E-state index contributed by atoms with van der Waals surface area (Å²) in [6, 6.07) is 14.5. The van der Waals surface area contributed by atoms with E-state index in [-0.39, 0.29) is 36.1 Å². The highest BCUT2D eigenvalue weighted by molar-refractivity contribution is 6.07. The summed E-state index contributed by atoms with van der Waals surface area (Å²) in [5, 5.41) is 8.18. The third-order valence-electron chi connectivity index (χ3n) is 6.99. The van der Waals surface area contributed by atoms with E-state index < -0.39 is 24.8 Å². The number of hydrogen-bond donors (Lipinski definition) is 4. The first-order chi connectivity index (χ1) is 22.4. The molecule has 0 saturated carbocycles. The Morgan fingerprint density at radius 3 is 2.11 bits per heavy atom. The monoisotopic (exact) mass is 645 g/mol. The van der Waals surface area contributed by atoms with Crippen molar-refractivity contribution in [1.29, 1.82) is 0 Å². The lowest BCUT2D eigenvalue weighted by molar-refractivity contribution is 0.0944. The average Bonchev–Trinajstić information content (AvgIpc) is 3.59. The third kappa shape index (κ3) is 9.60. The standard InChI is InChI=1S/C33H37F2N9O3/c1-42(2)26-11-6-21(7-12-26)5-9-23-10-8-22(17-38-23)31(45)40-24-16-28(44(4)19-24)33(47)41-25-15-27(43(3)20-25)32(46)37-14-13-30(36)39-18-29(34)35/h5-12,15-17,19-20,29H,13-14,18H2,1-4H3,(H2,36,39)(H,37,46)(H,40,45)(H,41,47)/b9-5+. The number of carbonyl (C=O) groups excluding carboxylic acids is 3. The van der Waals surface area contributed by atoms with Crippen molar-refractivity contribution in [3.05, 3.63) is 95.3 Å². The summed E-state index contributed by atoms with van der Waals surface area (Å²) < 4.78 is 27.6. The second-order valence-electron chi connectivity index (χ2n) is 10.9. The van der Waals surface area contributed by atoms with Crippen LogP contribution >= 0.6 is 0 Å². The van der Waals surface area contributed by atoms with Crippen molar-refractivity contribution in [3.8, 4) is 0 Å². The molecule has 14 heteroatoms. The number of amidine groups is 1. The van der Waals surface area contributed by atoms with Gasteiger partial charge in [-0.1, -0.05) is 18.2 Å². The van der Waals surface area contributed by atoms with E-state index in [4.69, 9.17) is 5.73 Å². The SMILES string of the molecule is CN(C)c1ccc(/C=C/c2ccc(C(=O)Nc3cc(C(=O)Nc4cc(C(=O)NCCC(N)=NCC(F)F)n(C)c4)n(C)c3)cn2)cc1. The van der Waals surface area contributed by atoms with Crippen LogP contribution in [0.2, 0.25) is 0 Å². The van der Waals surface area contributed by atoms with Crippen molar-refractivity contribution < 1.29 is 23.2 Å². The van der Waals surface area contributed by atoms with Gasteiger partial charge >= 0.3 is 0 Å². The molecular formula is C33H37F2N9O3. The normalized spacial score (nSPS) is 11.6. The van der Waals surface area contributed by atoms with E-state index in [9.17, 15) is 23.2 Å². The minimum absolute atomic E-state index is 0.0177. The minimum atomic E-state index is -2.59. The lowest BCUT2D eigenvalue weighted by Crippen LogP contribution is -2.29. The van der Waals surface area contributed by atoms with Gasteiger partial charge in [-0.15, -0.1) is 0 Å². The number of nitrogens with two attached hydrogens (primary N) is 1. The van der Waals surface area contributed by atoms with Crippen LogP contribution in [0.5, 0.6) is 0 Å². The van der Waals surface area contributed by atoms with Crippen LogP contribution in [0.4, 0.5) is 25.8 Å². The van der Waals surface area contributed by atoms with E-state index >= 15 is 0 Å². The highest BCUT2D eigenvalue weighted by Crippen LogP contribution is 2.19. The van der Waals surface area contributed by atoms with Crippen LogP contribution in [0, 0.1) is 0 Å². The fourth-order valence-corrected chi connectivity index (χ4v) is 4.48. The predicted octanol–water partition coefficient (Wildman–Crippen LogP) is 4.24. The molecule has 5 N–H and O–H groups in total. The van der Waals surface area contributed by atoms with Crippen LogP contribution in [0.3, 0.4) is 0 Å². The quantitative estimate of drug-likeness (QED) is 0.126. The van der Waals surface area contributed by atoms with Crippen LogP contribution in [0.25, 0.3) is 12.2 Å². The summed E-state index contributed by atoms with van der Waals surface area (Å²) in [5.41, 5.74) is 10.1. The molecule has 0 saturated heterocycles. The van der Waals surface area contributed by atoms with Gasteiger partial charge in [0.05, 0.1) is 28.5 Å². The zero-order valence-corrected chi connectivity index (χ0v) is 26.5. The second kappa shape index (κ2) is 15.5. The number of halogens is 2. The third-order valence-corrected chi connectivity index (χ3v) is 6.99. The first kappa shape index (κ1) is 34.1. The number of nitrogens with zero attached hydrogens (tertiary/aromatic N) is 5. The number of anilines is 3. The predicted molar refractivity (Wildman–Crippen MR) is 180 cm³/mol. The maximum absolute atomic E-state index is 13.0. The van der Waals surface area contributed by atoms with E-state index in [1.54, 1.807) is 43.2 Å². The van der Waals surface area contributed by atoms with Crippen molar-refractivity contribution in [2.24, 2.45) is 24.8 Å². The summed E-state index contributed by atoms with van der Waals surface area (Å²) >= 11 is 0. The lowest BCUT2D eigenvalue weighted by Gasteiger charge is -2.11. The number of aryl methyl sites for hydroxylation is 2. The van der Waals surface area contributed by atoms with Crippen molar-refractivity contribution in [1.82, 2.24) is 19.4 Å². The van der Waals surface area contributed by atoms with Gasteiger partial charge in [-0.25, -0.2) is 8.78 Å². The molecule has 3 aromatic heterocycles. The van der Waals surface area contributed by atoms with Gasteiger partial charge in [0.25, 0.3) is 24.1 Å². The van der Waals surface area contributed by atoms with Gasteiger partial charge in [-0.3, -0.25) is 24.4 Å². The van der Waals surface area contributed by atoms with Crippen molar-refractivity contribution in [2.75, 3.05) is 42.7 Å². The molecule has 4 aromatic rings. The summed E-state index contributed by atoms with van der Waals surface area (Å²) in [7, 11) is 7.28. The molecule has 0 fully saturated rings. The molecule has 246 valence electrons. The molecule has 12 nitrogen and oxygen atoms in total. The Kier molecular flexibility index (Phi) is 11.2. The molecule has 4 rings (SSSR count). The maximum atomic E-state index is 13.0. The molecular weight excluding hydrogens is 608 g/mol. The molecule has 3 heterocycles. The fourth-order valence-electron chi connectivity index (χ4n) is 4.48. The molecule has 3 amide bonds. The number of aromatic nitrogens is 3. The number of hydrogen-bond acceptors (Lipinski definition) is 6. The van der Waals surface area contributed by atoms with Gasteiger partial charge in [-0.2, -0.15) is 0 Å². The molecule has 0 aliphatic carbocycles. The number of nitrogens with one attached hydrogen (secondary N) is 3. The summed E-state index contributed by atoms with van der Waals surface area (Å²) in [6.45, 7) is -0.584. The Morgan fingerprint density at radius 2 is 1.53 bits per heavy atom. The Morgan fingerprint density at radius 1 is 0.915 bits per heavy atom. The number of carbonyl (C=O) groups is 3. The molecule has 0 bridgehead atoms. The molecule has 47 heavy (non-hydrogen) atoms. The maximum Gasteiger partial charge on any atom is 0.272 e. The average molecular weight is 646 g/mol. The number of rotatable bonds is 13. The van der Waals surface area contributed by atoms with Crippen LogP contribution in [0.15, 0.2) is 72.1 Å². The van der Waals surface area contributed by atoms with Gasteiger partial charge in [-0.05, 0) is 48.0 Å². The Hall–Kier alpha value is -5.79. The smallest absolute Gasteiger partial charge is 0.272 e. The summed E-state index contributed by atoms with van der Waals surface area (Å²) in [6.07, 6.45) is 6.01. The zero-order chi connectivity index (χ0) is 34.1. The van der Waals surface area contributed by atoms with Crippen molar-refractivity contribution in [2.45, 2.75) is 12.8 Å². The van der Waals surface area contributed by atoms with Gasteiger partial charge in [0.1, 0.15) is 17.9 Å². The summed E-state index contributed by atoms with van der Waals surface area (Å²) in [4.78, 5) is 48.5. The van der Waals surface area contributed by atoms with Crippen LogP contribution in [0.1, 0.15) is 49.0 Å². The highest BCUT2D eigenvalue weighted by Gasteiger charge is 2.17. The number of aliphatic imine (C=N–C) groups is 1. The molecule has 0 atom stereocenters. The molecule has 1 aromatic carbocycles. The fraction of sp³-hybridized carbons (Fsp3) is 0.242. The molecule has 0 aliphatic heterocycles. The molecule has 0 radical (unpaired) electrons. The summed E-state index contributed by atoms with van der Waals surface area (Å²) in [5.74, 6) is -1.26. The van der Waals surface area contributed by atoms with Gasteiger partial charge in [0.2, 0.25) is 0 Å². The van der Waals surface area contributed by atoms with Gasteiger partial charge in [0, 0.05) is 65.4 Å². The number of benzene rings is 1. The Labute approximate surface area is 271 Å². The Bertz CT molecular complexity index is 1770. The molecule has 0 aliphatic rings. The van der Waals surface area contributed by atoms with Crippen LogP contribution in [-0.4, -0.2) is 71.3 Å². The van der Waals surface area contributed by atoms with Crippen LogP contribution < -0.4 is 26.6 Å². The van der Waals surface area contributed by atoms with Crippen molar-refractivity contribution in [3.63, 3.8) is 0 Å². The first-order valence-electron chi connectivity index (χ1n) is 14.6. The van der Waals surface area contributed by atoms with E-state index in [0.717, 1.165) is 11.3 Å². The molecule has 0 spiro atoms. The van der Waals surface area contributed by atoms with E-state index in [0.29, 0.717) is 22.6 Å². The second-order valence-corrected chi connectivity index (χ2v) is 10.9. The number of pyridine rings is 1. The van der Waals surface area contributed by atoms with Gasteiger partial charge < -0.3 is 35.7 Å². The van der Waals surface area contributed by atoms with E-state index in [1.165, 1.54) is 22.9 Å².